The van der Waals surface area contributed by atoms with Gasteiger partial charge in [0.2, 0.25) is 0 Å². The molecule has 2 aromatic carbocycles. The van der Waals surface area contributed by atoms with E-state index >= 15 is 0 Å². The molecular weight excluding hydrogens is 484 g/mol. The Labute approximate surface area is 221 Å². The van der Waals surface area contributed by atoms with Crippen molar-refractivity contribution in [3.63, 3.8) is 0 Å². The summed E-state index contributed by atoms with van der Waals surface area (Å²) in [6, 6.07) is 15.5. The van der Waals surface area contributed by atoms with Crippen LogP contribution in [0, 0.1) is 0 Å². The summed E-state index contributed by atoms with van der Waals surface area (Å²) in [6.07, 6.45) is 1.89. The van der Waals surface area contributed by atoms with Gasteiger partial charge in [0.15, 0.2) is 4.80 Å². The summed E-state index contributed by atoms with van der Waals surface area (Å²) < 4.78 is 7.58. The molecule has 194 valence electrons. The highest BCUT2D eigenvalue weighted by Gasteiger charge is 2.33. The zero-order valence-corrected chi connectivity index (χ0v) is 23.1. The van der Waals surface area contributed by atoms with Crippen molar-refractivity contribution in [2.45, 2.75) is 33.7 Å². The summed E-state index contributed by atoms with van der Waals surface area (Å²) in [7, 11) is 3.95. The first-order chi connectivity index (χ1) is 17.8. The van der Waals surface area contributed by atoms with E-state index in [2.05, 4.69) is 35.9 Å². The van der Waals surface area contributed by atoms with Crippen LogP contribution in [0.4, 0.5) is 11.4 Å². The molecule has 3 aromatic rings. The average Bonchev–Trinajstić information content (AvgIpc) is 3.19. The number of nitrogens with zero attached hydrogens (tertiary/aromatic N) is 4. The molecule has 37 heavy (non-hydrogen) atoms. The van der Waals surface area contributed by atoms with Gasteiger partial charge in [-0.2, -0.15) is 0 Å². The maximum Gasteiger partial charge on any atom is 0.338 e. The Hall–Kier alpha value is -3.65. The number of anilines is 2. The molecule has 0 aliphatic carbocycles. The molecule has 4 rings (SSSR count). The highest BCUT2D eigenvalue weighted by atomic mass is 32.1. The third-order valence-electron chi connectivity index (χ3n) is 6.56. The molecule has 0 N–H and O–H groups in total. The van der Waals surface area contributed by atoms with Crippen LogP contribution in [0.5, 0.6) is 0 Å². The number of esters is 1. The molecule has 0 amide bonds. The number of carbonyl (C=O) groups excluding carboxylic acids is 1. The SMILES string of the molecule is CCOC(=O)C1=C(C)N=c2sc(=Cc3ccc(N(CC)CC)cc3)c(=O)n2C1c1ccc(N(C)C)cc1. The predicted octanol–water partition coefficient (Wildman–Crippen LogP) is 3.71. The van der Waals surface area contributed by atoms with Crippen LogP contribution in [-0.2, 0) is 9.53 Å². The molecule has 2 heterocycles. The van der Waals surface area contributed by atoms with Crippen molar-refractivity contribution >= 4 is 34.8 Å². The molecule has 0 saturated heterocycles. The van der Waals surface area contributed by atoms with E-state index in [9.17, 15) is 9.59 Å². The number of allylic oxidation sites excluding steroid dienone is 1. The van der Waals surface area contributed by atoms with Crippen molar-refractivity contribution in [1.82, 2.24) is 4.57 Å². The van der Waals surface area contributed by atoms with E-state index < -0.39 is 12.0 Å². The predicted molar refractivity (Wildman–Crippen MR) is 151 cm³/mol. The van der Waals surface area contributed by atoms with Crippen LogP contribution in [0.1, 0.15) is 44.9 Å². The maximum atomic E-state index is 13.8. The summed E-state index contributed by atoms with van der Waals surface area (Å²) >= 11 is 1.34. The number of carbonyl (C=O) groups is 1. The van der Waals surface area contributed by atoms with E-state index in [1.165, 1.54) is 11.3 Å². The minimum absolute atomic E-state index is 0.174. The minimum atomic E-state index is -0.612. The normalized spacial score (nSPS) is 15.3. The zero-order valence-electron chi connectivity index (χ0n) is 22.3. The molecule has 1 atom stereocenters. The Bertz CT molecular complexity index is 1480. The molecule has 8 heteroatoms. The summed E-state index contributed by atoms with van der Waals surface area (Å²) in [4.78, 5) is 36.3. The number of thiazole rings is 1. The highest BCUT2D eigenvalue weighted by Crippen LogP contribution is 2.31. The van der Waals surface area contributed by atoms with E-state index in [0.29, 0.717) is 20.6 Å². The molecule has 1 aromatic heterocycles. The van der Waals surface area contributed by atoms with Crippen molar-refractivity contribution in [1.29, 1.82) is 0 Å². The third-order valence-corrected chi connectivity index (χ3v) is 7.54. The van der Waals surface area contributed by atoms with E-state index in [4.69, 9.17) is 4.74 Å². The lowest BCUT2D eigenvalue weighted by Crippen LogP contribution is -2.39. The first-order valence-electron chi connectivity index (χ1n) is 12.6. The van der Waals surface area contributed by atoms with Crippen LogP contribution in [0.15, 0.2) is 69.6 Å². The number of rotatable bonds is 8. The fourth-order valence-corrected chi connectivity index (χ4v) is 5.63. The van der Waals surface area contributed by atoms with E-state index in [-0.39, 0.29) is 12.2 Å². The van der Waals surface area contributed by atoms with Gasteiger partial charge in [0.1, 0.15) is 0 Å². The number of benzene rings is 2. The van der Waals surface area contributed by atoms with Gasteiger partial charge >= 0.3 is 5.97 Å². The standard InChI is InChI=1S/C29H34N4O3S/c1-7-32(8-2)23-14-10-20(11-15-23)18-24-27(34)33-26(21-12-16-22(17-13-21)31(5)6)25(28(35)36-9-3)19(4)30-29(33)37-24/h10-18,26H,7-9H2,1-6H3. The largest absolute Gasteiger partial charge is 0.463 e. The summed E-state index contributed by atoms with van der Waals surface area (Å²) in [5.41, 5.74) is 4.74. The lowest BCUT2D eigenvalue weighted by Gasteiger charge is -2.25. The van der Waals surface area contributed by atoms with Gasteiger partial charge in [-0.1, -0.05) is 35.6 Å². The van der Waals surface area contributed by atoms with Crippen molar-refractivity contribution in [3.8, 4) is 0 Å². The fraction of sp³-hybridized carbons (Fsp3) is 0.345. The molecule has 1 unspecified atom stereocenters. The summed E-state index contributed by atoms with van der Waals surface area (Å²) in [5, 5.41) is 0. The van der Waals surface area contributed by atoms with Crippen LogP contribution in [-0.4, -0.2) is 44.3 Å². The minimum Gasteiger partial charge on any atom is -0.463 e. The Kier molecular flexibility index (Phi) is 7.97. The van der Waals surface area contributed by atoms with Crippen molar-refractivity contribution in [2.24, 2.45) is 4.99 Å². The van der Waals surface area contributed by atoms with Gasteiger partial charge in [0.05, 0.1) is 28.5 Å². The second-order valence-corrected chi connectivity index (χ2v) is 10.1. The van der Waals surface area contributed by atoms with Gasteiger partial charge in [0.25, 0.3) is 5.56 Å². The lowest BCUT2D eigenvalue weighted by molar-refractivity contribution is -0.139. The smallest absolute Gasteiger partial charge is 0.338 e. The maximum absolute atomic E-state index is 13.8. The molecule has 0 fully saturated rings. The Morgan fingerprint density at radius 3 is 2.22 bits per heavy atom. The molecule has 0 spiro atoms. The van der Waals surface area contributed by atoms with Crippen molar-refractivity contribution < 1.29 is 9.53 Å². The monoisotopic (exact) mass is 518 g/mol. The number of hydrogen-bond donors (Lipinski definition) is 0. The number of ether oxygens (including phenoxy) is 1. The molecule has 7 nitrogen and oxygen atoms in total. The third kappa shape index (κ3) is 5.25. The molecule has 0 saturated carbocycles. The molecule has 1 aliphatic rings. The quantitative estimate of drug-likeness (QED) is 0.426. The number of aromatic nitrogens is 1. The van der Waals surface area contributed by atoms with Crippen LogP contribution < -0.4 is 24.7 Å². The number of hydrogen-bond acceptors (Lipinski definition) is 7. The number of fused-ring (bicyclic) bond motifs is 1. The van der Waals surface area contributed by atoms with Gasteiger partial charge in [-0.05, 0) is 69.2 Å². The van der Waals surface area contributed by atoms with E-state index in [1.54, 1.807) is 18.4 Å². The molecule has 0 bridgehead atoms. The first kappa shape index (κ1) is 26.4. The fourth-order valence-electron chi connectivity index (χ4n) is 4.58. The second kappa shape index (κ2) is 11.2. The Morgan fingerprint density at radius 1 is 1.03 bits per heavy atom. The Balaban J connectivity index is 1.84. The highest BCUT2D eigenvalue weighted by molar-refractivity contribution is 7.07. The van der Waals surface area contributed by atoms with Crippen LogP contribution in [0.2, 0.25) is 0 Å². The van der Waals surface area contributed by atoms with Gasteiger partial charge < -0.3 is 14.5 Å². The average molecular weight is 519 g/mol. The van der Waals surface area contributed by atoms with Crippen LogP contribution in [0.3, 0.4) is 0 Å². The van der Waals surface area contributed by atoms with Gasteiger partial charge in [0, 0.05) is 38.6 Å². The lowest BCUT2D eigenvalue weighted by atomic mass is 9.95. The molecule has 0 radical (unpaired) electrons. The van der Waals surface area contributed by atoms with Gasteiger partial charge in [-0.25, -0.2) is 9.79 Å². The summed E-state index contributed by atoms with van der Waals surface area (Å²) in [5.74, 6) is -0.452. The van der Waals surface area contributed by atoms with Gasteiger partial charge in [-0.3, -0.25) is 9.36 Å². The molecule has 1 aliphatic heterocycles. The second-order valence-electron chi connectivity index (χ2n) is 9.05. The van der Waals surface area contributed by atoms with E-state index in [1.807, 2.05) is 61.5 Å². The van der Waals surface area contributed by atoms with Crippen molar-refractivity contribution in [3.05, 3.63) is 90.6 Å². The topological polar surface area (TPSA) is 67.1 Å². The summed E-state index contributed by atoms with van der Waals surface area (Å²) in [6.45, 7) is 9.96. The van der Waals surface area contributed by atoms with E-state index in [0.717, 1.165) is 35.6 Å². The molecular formula is C29H34N4O3S. The van der Waals surface area contributed by atoms with Crippen molar-refractivity contribution in [2.75, 3.05) is 43.6 Å². The van der Waals surface area contributed by atoms with Crippen LogP contribution in [0.25, 0.3) is 6.08 Å². The first-order valence-corrected chi connectivity index (χ1v) is 13.4. The zero-order chi connectivity index (χ0) is 26.7. The van der Waals surface area contributed by atoms with Crippen LogP contribution >= 0.6 is 11.3 Å². The van der Waals surface area contributed by atoms with Gasteiger partial charge in [-0.15, -0.1) is 0 Å². The Morgan fingerprint density at radius 2 is 1.65 bits per heavy atom.